The standard InChI is InChI=1S/C15H20O.CHN/c1-10-4-3-5-12-14-11(6-7-13(14)16)8-9-15(10,12)2;1-2/h12H,1,3-9H2,2H3;1H/t12-,15+;/m1./s1. The number of Topliss-reactive ketones (excluding diaryl/α,β-unsaturated/α-hetero) is 1. The molecule has 1 fully saturated rings. The molecule has 3 rings (SSSR count). The Morgan fingerprint density at radius 2 is 2.00 bits per heavy atom. The van der Waals surface area contributed by atoms with Crippen LogP contribution in [0.5, 0.6) is 0 Å². The van der Waals surface area contributed by atoms with Gasteiger partial charge in [0, 0.05) is 13.0 Å². The molecule has 0 bridgehead atoms. The van der Waals surface area contributed by atoms with Gasteiger partial charge in [0.15, 0.2) is 5.78 Å². The van der Waals surface area contributed by atoms with Gasteiger partial charge in [0.05, 0.1) is 0 Å². The van der Waals surface area contributed by atoms with Gasteiger partial charge in [-0.1, -0.05) is 24.6 Å². The van der Waals surface area contributed by atoms with Crippen LogP contribution < -0.4 is 0 Å². The largest absolute Gasteiger partial charge is 0.295 e. The molecule has 0 unspecified atom stereocenters. The molecule has 0 spiro atoms. The number of ketones is 1. The molecule has 0 heterocycles. The molecule has 0 aromatic carbocycles. The van der Waals surface area contributed by atoms with Gasteiger partial charge < -0.3 is 0 Å². The van der Waals surface area contributed by atoms with E-state index < -0.39 is 0 Å². The first-order valence-corrected chi connectivity index (χ1v) is 6.82. The van der Waals surface area contributed by atoms with E-state index in [4.69, 9.17) is 5.26 Å². The summed E-state index contributed by atoms with van der Waals surface area (Å²) in [5, 5.41) is 6.50. The van der Waals surface area contributed by atoms with Crippen molar-refractivity contribution in [3.63, 3.8) is 0 Å². The Hall–Kier alpha value is -1.36. The first-order valence-electron chi connectivity index (χ1n) is 6.82. The second-order valence-electron chi connectivity index (χ2n) is 5.91. The van der Waals surface area contributed by atoms with Crippen LogP contribution in [-0.4, -0.2) is 5.78 Å². The molecule has 0 radical (unpaired) electrons. The third-order valence-corrected chi connectivity index (χ3v) is 5.18. The molecule has 0 aliphatic heterocycles. The van der Waals surface area contributed by atoms with Gasteiger partial charge in [0.25, 0.3) is 0 Å². The fourth-order valence-corrected chi connectivity index (χ4v) is 4.03. The molecule has 2 nitrogen and oxygen atoms in total. The molecule has 0 aromatic rings. The van der Waals surface area contributed by atoms with Gasteiger partial charge in [-0.2, -0.15) is 0 Å². The third kappa shape index (κ3) is 1.73. The molecule has 96 valence electrons. The zero-order valence-corrected chi connectivity index (χ0v) is 11.2. The van der Waals surface area contributed by atoms with Gasteiger partial charge in [-0.15, -0.1) is 0 Å². The molecule has 3 aliphatic carbocycles. The van der Waals surface area contributed by atoms with Crippen molar-refractivity contribution in [3.8, 4) is 6.57 Å². The van der Waals surface area contributed by atoms with E-state index in [-0.39, 0.29) is 5.41 Å². The number of allylic oxidation sites excluding steroid dienone is 3. The molecule has 0 N–H and O–H groups in total. The average Bonchev–Trinajstić information content (AvgIpc) is 2.76. The highest BCUT2D eigenvalue weighted by Gasteiger charge is 2.47. The Kier molecular flexibility index (Phi) is 3.43. The summed E-state index contributed by atoms with van der Waals surface area (Å²) < 4.78 is 0. The fourth-order valence-electron chi connectivity index (χ4n) is 4.03. The van der Waals surface area contributed by atoms with E-state index >= 15 is 0 Å². The summed E-state index contributed by atoms with van der Waals surface area (Å²) in [5.41, 5.74) is 4.35. The van der Waals surface area contributed by atoms with Crippen LogP contribution in [0, 0.1) is 23.2 Å². The molecular weight excluding hydrogens is 222 g/mol. The molecule has 0 aromatic heterocycles. The molecule has 2 atom stereocenters. The van der Waals surface area contributed by atoms with E-state index in [2.05, 4.69) is 20.1 Å². The minimum Gasteiger partial charge on any atom is -0.295 e. The van der Waals surface area contributed by atoms with E-state index in [1.54, 1.807) is 0 Å². The minimum absolute atomic E-state index is 0.233. The lowest BCUT2D eigenvalue weighted by atomic mass is 9.57. The molecule has 18 heavy (non-hydrogen) atoms. The minimum atomic E-state index is 0.233. The molecule has 1 saturated carbocycles. The third-order valence-electron chi connectivity index (χ3n) is 5.18. The predicted octanol–water partition coefficient (Wildman–Crippen LogP) is 3.94. The second kappa shape index (κ2) is 4.72. The van der Waals surface area contributed by atoms with Crippen molar-refractivity contribution in [2.45, 2.75) is 51.9 Å². The molecular formula is C16H21NO. The smallest absolute Gasteiger partial charge is 0.159 e. The first-order chi connectivity index (χ1) is 8.63. The van der Waals surface area contributed by atoms with Gasteiger partial charge in [0.2, 0.25) is 0 Å². The highest BCUT2D eigenvalue weighted by molar-refractivity contribution is 5.99. The van der Waals surface area contributed by atoms with Crippen LogP contribution in [0.15, 0.2) is 23.3 Å². The number of fused-ring (bicyclic) bond motifs is 2. The molecule has 3 aliphatic rings. The Bertz CT molecular complexity index is 443. The number of nitrogens with zero attached hydrogens (tertiary/aromatic N) is 1. The van der Waals surface area contributed by atoms with Crippen LogP contribution in [0.25, 0.3) is 0 Å². The lowest BCUT2D eigenvalue weighted by molar-refractivity contribution is -0.115. The summed E-state index contributed by atoms with van der Waals surface area (Å²) in [6.07, 6.45) is 7.81. The zero-order valence-electron chi connectivity index (χ0n) is 11.2. The van der Waals surface area contributed by atoms with Crippen molar-refractivity contribution in [1.82, 2.24) is 0 Å². The van der Waals surface area contributed by atoms with E-state index in [0.29, 0.717) is 11.7 Å². The van der Waals surface area contributed by atoms with Gasteiger partial charge in [-0.3, -0.25) is 4.79 Å². The molecule has 0 amide bonds. The first kappa shape index (κ1) is 13.1. The summed E-state index contributed by atoms with van der Waals surface area (Å²) in [5.74, 6) is 0.952. The van der Waals surface area contributed by atoms with E-state index in [0.717, 1.165) is 19.3 Å². The van der Waals surface area contributed by atoms with E-state index in [1.165, 1.54) is 42.4 Å². The monoisotopic (exact) mass is 243 g/mol. The Balaban J connectivity index is 0.000000574. The Morgan fingerprint density at radius 3 is 2.72 bits per heavy atom. The number of nitriles is 1. The lowest BCUT2D eigenvalue weighted by Gasteiger charge is -2.47. The maximum absolute atomic E-state index is 12.0. The number of carbonyl (C=O) groups excluding carboxylic acids is 1. The Labute approximate surface area is 109 Å². The predicted molar refractivity (Wildman–Crippen MR) is 71.8 cm³/mol. The van der Waals surface area contributed by atoms with E-state index in [1.807, 2.05) is 0 Å². The van der Waals surface area contributed by atoms with Gasteiger partial charge in [-0.05, 0) is 55.4 Å². The molecule has 0 saturated heterocycles. The van der Waals surface area contributed by atoms with Crippen molar-refractivity contribution in [3.05, 3.63) is 23.3 Å². The fraction of sp³-hybridized carbons (Fsp3) is 0.625. The van der Waals surface area contributed by atoms with Crippen molar-refractivity contribution in [1.29, 1.82) is 5.26 Å². The normalized spacial score (nSPS) is 34.5. The van der Waals surface area contributed by atoms with Gasteiger partial charge in [-0.25, -0.2) is 5.26 Å². The second-order valence-corrected chi connectivity index (χ2v) is 5.91. The number of hydrogen-bond acceptors (Lipinski definition) is 2. The quantitative estimate of drug-likeness (QED) is 0.604. The van der Waals surface area contributed by atoms with Crippen LogP contribution in [0.4, 0.5) is 0 Å². The number of carbonyl (C=O) groups is 1. The lowest BCUT2D eigenvalue weighted by Crippen LogP contribution is -2.38. The van der Waals surface area contributed by atoms with Crippen molar-refractivity contribution >= 4 is 5.78 Å². The summed E-state index contributed by atoms with van der Waals surface area (Å²) in [7, 11) is 0. The summed E-state index contributed by atoms with van der Waals surface area (Å²) in [6, 6.07) is 0. The van der Waals surface area contributed by atoms with Gasteiger partial charge in [0.1, 0.15) is 0 Å². The molecule has 2 heteroatoms. The van der Waals surface area contributed by atoms with Crippen molar-refractivity contribution in [2.24, 2.45) is 11.3 Å². The topological polar surface area (TPSA) is 40.9 Å². The summed E-state index contributed by atoms with van der Waals surface area (Å²) in [6.45, 7) is 10.1. The average molecular weight is 243 g/mol. The van der Waals surface area contributed by atoms with Crippen molar-refractivity contribution in [2.75, 3.05) is 0 Å². The summed E-state index contributed by atoms with van der Waals surface area (Å²) >= 11 is 0. The SMILES string of the molecule is C#N.C=C1CCC[C@@H]2C3=C(CCC3=O)CC[C@@]12C. The van der Waals surface area contributed by atoms with Crippen LogP contribution in [0.1, 0.15) is 51.9 Å². The van der Waals surface area contributed by atoms with E-state index in [9.17, 15) is 4.79 Å². The number of rotatable bonds is 0. The number of hydrogen-bond donors (Lipinski definition) is 0. The van der Waals surface area contributed by atoms with Crippen LogP contribution in [-0.2, 0) is 4.79 Å². The Morgan fingerprint density at radius 1 is 1.28 bits per heavy atom. The van der Waals surface area contributed by atoms with Gasteiger partial charge >= 0.3 is 0 Å². The maximum Gasteiger partial charge on any atom is 0.159 e. The van der Waals surface area contributed by atoms with Crippen LogP contribution in [0.2, 0.25) is 0 Å². The van der Waals surface area contributed by atoms with Crippen LogP contribution >= 0.6 is 0 Å². The zero-order chi connectivity index (χ0) is 13.3. The van der Waals surface area contributed by atoms with Crippen LogP contribution in [0.3, 0.4) is 0 Å². The highest BCUT2D eigenvalue weighted by Crippen LogP contribution is 2.56. The summed E-state index contributed by atoms with van der Waals surface area (Å²) in [4.78, 5) is 12.0. The highest BCUT2D eigenvalue weighted by atomic mass is 16.1. The van der Waals surface area contributed by atoms with Crippen molar-refractivity contribution < 1.29 is 4.79 Å². The maximum atomic E-state index is 12.0.